The SMILES string of the molecule is COc1cccc(C2SCCN(CCc3ccccc3)C2=O)c1. The second-order valence-corrected chi connectivity index (χ2v) is 6.80. The summed E-state index contributed by atoms with van der Waals surface area (Å²) >= 11 is 1.72. The maximum atomic E-state index is 12.8. The number of methoxy groups -OCH3 is 1. The van der Waals surface area contributed by atoms with Crippen LogP contribution in [0.2, 0.25) is 0 Å². The van der Waals surface area contributed by atoms with Crippen LogP contribution in [0.1, 0.15) is 16.4 Å². The van der Waals surface area contributed by atoms with Crippen LogP contribution in [0.5, 0.6) is 5.75 Å². The summed E-state index contributed by atoms with van der Waals surface area (Å²) in [7, 11) is 1.65. The van der Waals surface area contributed by atoms with Gasteiger partial charge in [0.25, 0.3) is 0 Å². The largest absolute Gasteiger partial charge is 0.497 e. The topological polar surface area (TPSA) is 29.5 Å². The molecule has 1 aliphatic rings. The smallest absolute Gasteiger partial charge is 0.240 e. The molecule has 0 N–H and O–H groups in total. The maximum absolute atomic E-state index is 12.8. The molecule has 1 fully saturated rings. The van der Waals surface area contributed by atoms with E-state index in [-0.39, 0.29) is 11.2 Å². The van der Waals surface area contributed by atoms with Crippen LogP contribution in [0.25, 0.3) is 0 Å². The van der Waals surface area contributed by atoms with Crippen LogP contribution in [0, 0.1) is 0 Å². The van der Waals surface area contributed by atoms with Crippen LogP contribution >= 0.6 is 11.8 Å². The number of hydrogen-bond donors (Lipinski definition) is 0. The van der Waals surface area contributed by atoms with Crippen molar-refractivity contribution in [3.05, 3.63) is 65.7 Å². The number of ether oxygens (including phenoxy) is 1. The van der Waals surface area contributed by atoms with Crippen molar-refractivity contribution in [2.24, 2.45) is 0 Å². The highest BCUT2D eigenvalue weighted by Gasteiger charge is 2.30. The lowest BCUT2D eigenvalue weighted by atomic mass is 10.1. The van der Waals surface area contributed by atoms with Crippen molar-refractivity contribution in [2.75, 3.05) is 26.0 Å². The number of benzene rings is 2. The third-order valence-electron chi connectivity index (χ3n) is 4.09. The van der Waals surface area contributed by atoms with Gasteiger partial charge in [0.2, 0.25) is 5.91 Å². The van der Waals surface area contributed by atoms with E-state index in [9.17, 15) is 4.79 Å². The predicted molar refractivity (Wildman–Crippen MR) is 94.9 cm³/mol. The second-order valence-electron chi connectivity index (χ2n) is 5.59. The maximum Gasteiger partial charge on any atom is 0.240 e. The Morgan fingerprint density at radius 1 is 1.17 bits per heavy atom. The van der Waals surface area contributed by atoms with Gasteiger partial charge >= 0.3 is 0 Å². The van der Waals surface area contributed by atoms with Gasteiger partial charge in [0, 0.05) is 18.8 Å². The van der Waals surface area contributed by atoms with Gasteiger partial charge in [-0.15, -0.1) is 11.8 Å². The van der Waals surface area contributed by atoms with Gasteiger partial charge in [0.05, 0.1) is 7.11 Å². The molecule has 3 nitrogen and oxygen atoms in total. The zero-order chi connectivity index (χ0) is 16.1. The Morgan fingerprint density at radius 3 is 2.78 bits per heavy atom. The minimum atomic E-state index is -0.116. The minimum Gasteiger partial charge on any atom is -0.497 e. The molecule has 0 aliphatic carbocycles. The molecule has 3 rings (SSSR count). The summed E-state index contributed by atoms with van der Waals surface area (Å²) in [5.41, 5.74) is 2.31. The highest BCUT2D eigenvalue weighted by atomic mass is 32.2. The molecule has 0 radical (unpaired) electrons. The normalized spacial score (nSPS) is 18.0. The first-order valence-electron chi connectivity index (χ1n) is 7.86. The Morgan fingerprint density at radius 2 is 2.00 bits per heavy atom. The predicted octanol–water partition coefficient (Wildman–Crippen LogP) is 3.55. The molecule has 2 aromatic rings. The van der Waals surface area contributed by atoms with Crippen LogP contribution in [0.4, 0.5) is 0 Å². The average Bonchev–Trinajstić information content (AvgIpc) is 2.62. The molecule has 1 unspecified atom stereocenters. The monoisotopic (exact) mass is 327 g/mol. The number of nitrogens with zero attached hydrogens (tertiary/aromatic N) is 1. The third kappa shape index (κ3) is 3.88. The Bertz CT molecular complexity index is 659. The van der Waals surface area contributed by atoms with Gasteiger partial charge in [-0.3, -0.25) is 4.79 Å². The second kappa shape index (κ2) is 7.55. The Labute approximate surface area is 141 Å². The summed E-state index contributed by atoms with van der Waals surface area (Å²) in [6.45, 7) is 1.61. The lowest BCUT2D eigenvalue weighted by Gasteiger charge is -2.32. The minimum absolute atomic E-state index is 0.116. The molecule has 0 aromatic heterocycles. The standard InChI is InChI=1S/C19H21NO2S/c1-22-17-9-5-8-16(14-17)18-19(21)20(12-13-23-18)11-10-15-6-3-2-4-7-15/h2-9,14,18H,10-13H2,1H3. The van der Waals surface area contributed by atoms with Crippen LogP contribution < -0.4 is 4.74 Å². The summed E-state index contributed by atoms with van der Waals surface area (Å²) < 4.78 is 5.28. The van der Waals surface area contributed by atoms with E-state index < -0.39 is 0 Å². The van der Waals surface area contributed by atoms with Crippen molar-refractivity contribution >= 4 is 17.7 Å². The number of carbonyl (C=O) groups is 1. The van der Waals surface area contributed by atoms with Crippen molar-refractivity contribution in [1.82, 2.24) is 4.90 Å². The first-order chi connectivity index (χ1) is 11.3. The fourth-order valence-corrected chi connectivity index (χ4v) is 3.99. The van der Waals surface area contributed by atoms with Gasteiger partial charge in [0.15, 0.2) is 0 Å². The van der Waals surface area contributed by atoms with Crippen molar-refractivity contribution in [3.8, 4) is 5.75 Å². The van der Waals surface area contributed by atoms with Gasteiger partial charge in [0.1, 0.15) is 11.0 Å². The molecule has 1 amide bonds. The molecule has 0 bridgehead atoms. The van der Waals surface area contributed by atoms with E-state index in [2.05, 4.69) is 12.1 Å². The summed E-state index contributed by atoms with van der Waals surface area (Å²) in [5.74, 6) is 1.99. The summed E-state index contributed by atoms with van der Waals surface area (Å²) in [5, 5.41) is -0.116. The van der Waals surface area contributed by atoms with E-state index >= 15 is 0 Å². The molecule has 1 saturated heterocycles. The summed E-state index contributed by atoms with van der Waals surface area (Å²) in [6.07, 6.45) is 0.905. The highest BCUT2D eigenvalue weighted by Crippen LogP contribution is 2.35. The van der Waals surface area contributed by atoms with E-state index in [1.807, 2.05) is 47.4 Å². The number of rotatable bonds is 5. The highest BCUT2D eigenvalue weighted by molar-refractivity contribution is 8.00. The summed E-state index contributed by atoms with van der Waals surface area (Å²) in [4.78, 5) is 14.8. The molecule has 0 saturated carbocycles. The van der Waals surface area contributed by atoms with Crippen LogP contribution in [-0.4, -0.2) is 36.8 Å². The van der Waals surface area contributed by atoms with Crippen LogP contribution in [0.3, 0.4) is 0 Å². The van der Waals surface area contributed by atoms with E-state index in [4.69, 9.17) is 4.74 Å². The Hall–Kier alpha value is -1.94. The molecular weight excluding hydrogens is 306 g/mol. The zero-order valence-corrected chi connectivity index (χ0v) is 14.1. The zero-order valence-electron chi connectivity index (χ0n) is 13.3. The van der Waals surface area contributed by atoms with Gasteiger partial charge in [-0.1, -0.05) is 42.5 Å². The van der Waals surface area contributed by atoms with Crippen molar-refractivity contribution < 1.29 is 9.53 Å². The van der Waals surface area contributed by atoms with E-state index in [1.54, 1.807) is 18.9 Å². The molecule has 4 heteroatoms. The number of thioether (sulfide) groups is 1. The fourth-order valence-electron chi connectivity index (χ4n) is 2.80. The van der Waals surface area contributed by atoms with Crippen LogP contribution in [0.15, 0.2) is 54.6 Å². The first kappa shape index (κ1) is 15.9. The van der Waals surface area contributed by atoms with Gasteiger partial charge in [-0.25, -0.2) is 0 Å². The number of carbonyl (C=O) groups excluding carboxylic acids is 1. The first-order valence-corrected chi connectivity index (χ1v) is 8.91. The van der Waals surface area contributed by atoms with Gasteiger partial charge < -0.3 is 9.64 Å². The molecule has 1 atom stereocenters. The molecule has 1 aliphatic heterocycles. The van der Waals surface area contributed by atoms with Gasteiger partial charge in [-0.2, -0.15) is 0 Å². The molecule has 120 valence electrons. The molecule has 23 heavy (non-hydrogen) atoms. The fraction of sp³-hybridized carbons (Fsp3) is 0.316. The third-order valence-corrected chi connectivity index (χ3v) is 5.32. The van der Waals surface area contributed by atoms with Crippen molar-refractivity contribution in [1.29, 1.82) is 0 Å². The Balaban J connectivity index is 1.68. The van der Waals surface area contributed by atoms with Crippen molar-refractivity contribution in [3.63, 3.8) is 0 Å². The van der Waals surface area contributed by atoms with E-state index in [0.29, 0.717) is 0 Å². The Kier molecular flexibility index (Phi) is 5.23. The lowest BCUT2D eigenvalue weighted by Crippen LogP contribution is -2.41. The van der Waals surface area contributed by atoms with Crippen molar-refractivity contribution in [2.45, 2.75) is 11.7 Å². The van der Waals surface area contributed by atoms with E-state index in [1.165, 1.54) is 5.56 Å². The van der Waals surface area contributed by atoms with E-state index in [0.717, 1.165) is 36.6 Å². The van der Waals surface area contributed by atoms with Crippen LogP contribution in [-0.2, 0) is 11.2 Å². The molecule has 2 aromatic carbocycles. The molecule has 1 heterocycles. The quantitative estimate of drug-likeness (QED) is 0.841. The van der Waals surface area contributed by atoms with Gasteiger partial charge in [-0.05, 0) is 29.7 Å². The average molecular weight is 327 g/mol. The molecule has 0 spiro atoms. The summed E-state index contributed by atoms with van der Waals surface area (Å²) in [6, 6.07) is 18.2. The number of amides is 1. The molecular formula is C19H21NO2S. The number of hydrogen-bond acceptors (Lipinski definition) is 3. The lowest BCUT2D eigenvalue weighted by molar-refractivity contribution is -0.130.